The van der Waals surface area contributed by atoms with E-state index in [1.165, 1.54) is 25.4 Å². The van der Waals surface area contributed by atoms with E-state index < -0.39 is 5.97 Å². The topological polar surface area (TPSA) is 111 Å². The Hall–Kier alpha value is -4.85. The number of hydrogen-bond donors (Lipinski definition) is 1. The molecule has 34 heavy (non-hydrogen) atoms. The molecule has 0 aliphatic carbocycles. The number of ether oxygens (including phenoxy) is 1. The summed E-state index contributed by atoms with van der Waals surface area (Å²) in [6, 6.07) is 18.7. The normalized spacial score (nSPS) is 10.7. The van der Waals surface area contributed by atoms with Crippen LogP contribution in [0.2, 0.25) is 0 Å². The van der Waals surface area contributed by atoms with Gasteiger partial charge < -0.3 is 14.6 Å². The molecule has 0 aliphatic rings. The molecule has 0 spiro atoms. The molecule has 168 valence electrons. The fourth-order valence-corrected chi connectivity index (χ4v) is 3.09. The number of anilines is 1. The number of pyridine rings is 1. The fourth-order valence-electron chi connectivity index (χ4n) is 3.09. The molecule has 0 radical (unpaired) electrons. The van der Waals surface area contributed by atoms with Gasteiger partial charge in [-0.2, -0.15) is 0 Å². The predicted octanol–water partition coefficient (Wildman–Crippen LogP) is 4.67. The summed E-state index contributed by atoms with van der Waals surface area (Å²) >= 11 is 0. The highest BCUT2D eigenvalue weighted by molar-refractivity contribution is 6.07. The van der Waals surface area contributed by atoms with Crippen molar-refractivity contribution in [1.29, 1.82) is 0 Å². The number of nitrogens with one attached hydrogen (secondary N) is 1. The van der Waals surface area contributed by atoms with Gasteiger partial charge in [-0.1, -0.05) is 35.5 Å². The Morgan fingerprint density at radius 2 is 1.79 bits per heavy atom. The van der Waals surface area contributed by atoms with Gasteiger partial charge in [-0.25, -0.2) is 4.79 Å². The largest absolute Gasteiger partial charge is 0.464 e. The third-order valence-corrected chi connectivity index (χ3v) is 4.86. The van der Waals surface area contributed by atoms with E-state index in [9.17, 15) is 14.4 Å². The van der Waals surface area contributed by atoms with Crippen molar-refractivity contribution in [1.82, 2.24) is 10.1 Å². The summed E-state index contributed by atoms with van der Waals surface area (Å²) in [5, 5.41) is 6.51. The SMILES string of the molecule is COC(=O)c1cc(-c2cccc(NC(=O)c3ccc(/C=C/C(=O)c4cccnc4)cc3)c2)on1. The fraction of sp³-hybridized carbons (Fsp3) is 0.0385. The first kappa shape index (κ1) is 22.3. The number of benzene rings is 2. The molecular weight excluding hydrogens is 434 g/mol. The minimum atomic E-state index is -0.598. The zero-order chi connectivity index (χ0) is 23.9. The number of ketones is 1. The molecule has 8 nitrogen and oxygen atoms in total. The number of esters is 1. The van der Waals surface area contributed by atoms with Crippen LogP contribution in [0.15, 0.2) is 89.7 Å². The minimum Gasteiger partial charge on any atom is -0.464 e. The molecule has 0 saturated carbocycles. The molecular formula is C26H19N3O5. The van der Waals surface area contributed by atoms with E-state index in [-0.39, 0.29) is 17.4 Å². The van der Waals surface area contributed by atoms with Crippen molar-refractivity contribution in [3.05, 3.63) is 108 Å². The first-order valence-corrected chi connectivity index (χ1v) is 10.2. The van der Waals surface area contributed by atoms with Crippen molar-refractivity contribution in [2.24, 2.45) is 0 Å². The Balaban J connectivity index is 1.41. The molecule has 0 fully saturated rings. The maximum absolute atomic E-state index is 12.7. The smallest absolute Gasteiger partial charge is 0.360 e. The van der Waals surface area contributed by atoms with E-state index in [2.05, 4.69) is 20.2 Å². The number of carbonyl (C=O) groups excluding carboxylic acids is 3. The molecule has 0 unspecified atom stereocenters. The highest BCUT2D eigenvalue weighted by Gasteiger charge is 2.14. The number of carbonyl (C=O) groups is 3. The number of amides is 1. The first-order valence-electron chi connectivity index (χ1n) is 10.2. The van der Waals surface area contributed by atoms with Crippen LogP contribution in [0.25, 0.3) is 17.4 Å². The molecule has 1 N–H and O–H groups in total. The average Bonchev–Trinajstić information content (AvgIpc) is 3.38. The van der Waals surface area contributed by atoms with E-state index >= 15 is 0 Å². The standard InChI is InChI=1S/C26H19N3O5/c1-33-26(32)22-15-24(34-29-22)19-4-2-6-21(14-19)28-25(31)18-10-7-17(8-11-18)9-12-23(30)20-5-3-13-27-16-20/h2-16H,1H3,(H,28,31)/b12-9+. The average molecular weight is 453 g/mol. The van der Waals surface area contributed by atoms with Crippen molar-refractivity contribution in [3.8, 4) is 11.3 Å². The zero-order valence-corrected chi connectivity index (χ0v) is 18.1. The van der Waals surface area contributed by atoms with Crippen LogP contribution < -0.4 is 5.32 Å². The van der Waals surface area contributed by atoms with Crippen molar-refractivity contribution in [2.45, 2.75) is 0 Å². The van der Waals surface area contributed by atoms with Gasteiger partial charge in [-0.3, -0.25) is 14.6 Å². The van der Waals surface area contributed by atoms with Crippen LogP contribution in [-0.2, 0) is 4.74 Å². The molecule has 0 aliphatic heterocycles. The Morgan fingerprint density at radius 3 is 2.53 bits per heavy atom. The molecule has 2 heterocycles. The van der Waals surface area contributed by atoms with Crippen molar-refractivity contribution >= 4 is 29.4 Å². The van der Waals surface area contributed by atoms with Gasteiger partial charge in [0.1, 0.15) is 0 Å². The third-order valence-electron chi connectivity index (χ3n) is 4.86. The Morgan fingerprint density at radius 1 is 0.971 bits per heavy atom. The molecule has 2 aromatic carbocycles. The van der Waals surface area contributed by atoms with E-state index in [0.29, 0.717) is 28.1 Å². The summed E-state index contributed by atoms with van der Waals surface area (Å²) in [6.07, 6.45) is 6.26. The van der Waals surface area contributed by atoms with E-state index in [0.717, 1.165) is 5.56 Å². The second-order valence-corrected chi connectivity index (χ2v) is 7.16. The molecule has 0 saturated heterocycles. The lowest BCUT2D eigenvalue weighted by molar-refractivity contribution is 0.0589. The summed E-state index contributed by atoms with van der Waals surface area (Å²) in [4.78, 5) is 40.3. The molecule has 4 rings (SSSR count). The van der Waals surface area contributed by atoms with Crippen LogP contribution in [0.3, 0.4) is 0 Å². The number of allylic oxidation sites excluding steroid dienone is 1. The lowest BCUT2D eigenvalue weighted by atomic mass is 10.1. The Kier molecular flexibility index (Phi) is 6.69. The summed E-state index contributed by atoms with van der Waals surface area (Å²) in [5.74, 6) is -0.681. The van der Waals surface area contributed by atoms with Crippen LogP contribution in [0.4, 0.5) is 5.69 Å². The van der Waals surface area contributed by atoms with Crippen molar-refractivity contribution in [2.75, 3.05) is 12.4 Å². The van der Waals surface area contributed by atoms with Gasteiger partial charge in [-0.15, -0.1) is 0 Å². The van der Waals surface area contributed by atoms with E-state index in [1.807, 2.05) is 0 Å². The monoisotopic (exact) mass is 453 g/mol. The second-order valence-electron chi connectivity index (χ2n) is 7.16. The molecule has 2 aromatic heterocycles. The highest BCUT2D eigenvalue weighted by Crippen LogP contribution is 2.24. The van der Waals surface area contributed by atoms with Gasteiger partial charge in [0.15, 0.2) is 17.2 Å². The van der Waals surface area contributed by atoms with Crippen molar-refractivity contribution in [3.63, 3.8) is 0 Å². The quantitative estimate of drug-likeness (QED) is 0.246. The number of methoxy groups -OCH3 is 1. The van der Waals surface area contributed by atoms with Gasteiger partial charge in [0, 0.05) is 40.8 Å². The number of aromatic nitrogens is 2. The van der Waals surface area contributed by atoms with Gasteiger partial charge >= 0.3 is 5.97 Å². The van der Waals surface area contributed by atoms with Crippen LogP contribution in [0.1, 0.15) is 36.8 Å². The van der Waals surface area contributed by atoms with E-state index in [1.54, 1.807) is 72.9 Å². The van der Waals surface area contributed by atoms with Gasteiger partial charge in [0.05, 0.1) is 7.11 Å². The molecule has 8 heteroatoms. The number of rotatable bonds is 7. The maximum atomic E-state index is 12.7. The third kappa shape index (κ3) is 5.31. The first-order chi connectivity index (χ1) is 16.5. The number of nitrogens with zero attached hydrogens (tertiary/aromatic N) is 2. The number of hydrogen-bond acceptors (Lipinski definition) is 7. The summed E-state index contributed by atoms with van der Waals surface area (Å²) in [6.45, 7) is 0. The highest BCUT2D eigenvalue weighted by atomic mass is 16.5. The predicted molar refractivity (Wildman–Crippen MR) is 125 cm³/mol. The molecule has 1 amide bonds. The minimum absolute atomic E-state index is 0.0585. The summed E-state index contributed by atoms with van der Waals surface area (Å²) in [5.41, 5.74) is 2.98. The van der Waals surface area contributed by atoms with Crippen molar-refractivity contribution < 1.29 is 23.6 Å². The maximum Gasteiger partial charge on any atom is 0.360 e. The van der Waals surface area contributed by atoms with Crippen LogP contribution in [0, 0.1) is 0 Å². The lowest BCUT2D eigenvalue weighted by Gasteiger charge is -2.07. The Labute approximate surface area is 194 Å². The Bertz CT molecular complexity index is 1360. The lowest BCUT2D eigenvalue weighted by Crippen LogP contribution is -2.11. The molecule has 0 bridgehead atoms. The van der Waals surface area contributed by atoms with Gasteiger partial charge in [0.25, 0.3) is 5.91 Å². The van der Waals surface area contributed by atoms with Gasteiger partial charge in [0.2, 0.25) is 0 Å². The summed E-state index contributed by atoms with van der Waals surface area (Å²) in [7, 11) is 1.26. The zero-order valence-electron chi connectivity index (χ0n) is 18.1. The molecule has 0 atom stereocenters. The van der Waals surface area contributed by atoms with Gasteiger partial charge in [-0.05, 0) is 48.0 Å². The molecule has 4 aromatic rings. The van der Waals surface area contributed by atoms with Crippen LogP contribution >= 0.6 is 0 Å². The van der Waals surface area contributed by atoms with Crippen LogP contribution in [-0.4, -0.2) is 34.9 Å². The second kappa shape index (κ2) is 10.2. The van der Waals surface area contributed by atoms with E-state index in [4.69, 9.17) is 4.52 Å². The van der Waals surface area contributed by atoms with Crippen LogP contribution in [0.5, 0.6) is 0 Å². The summed E-state index contributed by atoms with van der Waals surface area (Å²) < 4.78 is 9.83.